The molecule has 3 atom stereocenters. The summed E-state index contributed by atoms with van der Waals surface area (Å²) in [6.07, 6.45) is 2.39. The van der Waals surface area contributed by atoms with Crippen molar-refractivity contribution in [2.75, 3.05) is 7.11 Å². The highest BCUT2D eigenvalue weighted by atomic mass is 16.5. The molecule has 6 heteroatoms. The van der Waals surface area contributed by atoms with Gasteiger partial charge in [0.2, 0.25) is 5.91 Å². The van der Waals surface area contributed by atoms with Crippen LogP contribution < -0.4 is 5.32 Å². The van der Waals surface area contributed by atoms with Gasteiger partial charge in [-0.05, 0) is 18.8 Å². The smallest absolute Gasteiger partial charge is 0.326 e. The van der Waals surface area contributed by atoms with Crippen LogP contribution in [0, 0.1) is 11.8 Å². The van der Waals surface area contributed by atoms with Gasteiger partial charge in [-0.2, -0.15) is 0 Å². The van der Waals surface area contributed by atoms with Gasteiger partial charge in [0.25, 0.3) is 0 Å². The lowest BCUT2D eigenvalue weighted by molar-refractivity contribution is -0.149. The predicted octanol–water partition coefficient (Wildman–Crippen LogP) is 0.555. The molecule has 0 bridgehead atoms. The van der Waals surface area contributed by atoms with E-state index in [1.165, 1.54) is 7.11 Å². The molecule has 0 radical (unpaired) electrons. The topological polar surface area (TPSA) is 92.7 Å². The summed E-state index contributed by atoms with van der Waals surface area (Å²) in [7, 11) is 1.18. The molecule has 0 heterocycles. The molecule has 2 N–H and O–H groups in total. The summed E-state index contributed by atoms with van der Waals surface area (Å²) in [5.74, 6) is -2.04. The van der Waals surface area contributed by atoms with Gasteiger partial charge in [0.1, 0.15) is 6.04 Å². The van der Waals surface area contributed by atoms with Crippen molar-refractivity contribution in [3.05, 3.63) is 0 Å². The summed E-state index contributed by atoms with van der Waals surface area (Å²) >= 11 is 0. The lowest BCUT2D eigenvalue weighted by Gasteiger charge is -2.19. The second-order valence-corrected chi connectivity index (χ2v) is 4.69. The number of carboxylic acid groups (broad SMARTS) is 1. The second-order valence-electron chi connectivity index (χ2n) is 4.69. The number of nitrogens with one attached hydrogen (secondary N) is 1. The summed E-state index contributed by atoms with van der Waals surface area (Å²) in [4.78, 5) is 33.9. The van der Waals surface area contributed by atoms with E-state index < -0.39 is 18.0 Å². The third-order valence-corrected chi connectivity index (χ3v) is 3.41. The Bertz CT molecular complexity index is 341. The van der Waals surface area contributed by atoms with E-state index in [9.17, 15) is 14.4 Å². The minimum atomic E-state index is -1.22. The Hall–Kier alpha value is -1.59. The summed E-state index contributed by atoms with van der Waals surface area (Å²) in [6, 6.07) is -1.21. The quantitative estimate of drug-likeness (QED) is 0.702. The van der Waals surface area contributed by atoms with E-state index in [2.05, 4.69) is 10.1 Å². The number of methoxy groups -OCH3 is 1. The summed E-state index contributed by atoms with van der Waals surface area (Å²) in [5.41, 5.74) is 0. The Labute approximate surface area is 106 Å². The molecule has 0 aliphatic heterocycles. The van der Waals surface area contributed by atoms with E-state index in [0.717, 1.165) is 19.3 Å². The number of rotatable bonds is 5. The Balaban J connectivity index is 2.57. The molecule has 2 unspecified atom stereocenters. The molecule has 18 heavy (non-hydrogen) atoms. The fourth-order valence-electron chi connectivity index (χ4n) is 2.26. The van der Waals surface area contributed by atoms with Gasteiger partial charge in [0, 0.05) is 5.92 Å². The normalized spacial score (nSPS) is 24.3. The van der Waals surface area contributed by atoms with Gasteiger partial charge in [-0.15, -0.1) is 0 Å². The SMILES string of the molecule is COC(=O)C[C@H](NC(=O)C1CCCC1C)C(=O)O. The first-order valence-electron chi connectivity index (χ1n) is 6.05. The molecule has 1 aliphatic rings. The van der Waals surface area contributed by atoms with Crippen molar-refractivity contribution in [1.29, 1.82) is 0 Å². The molecule has 0 saturated heterocycles. The fourth-order valence-corrected chi connectivity index (χ4v) is 2.26. The van der Waals surface area contributed by atoms with Crippen molar-refractivity contribution < 1.29 is 24.2 Å². The Kier molecular flexibility index (Phi) is 5.12. The summed E-state index contributed by atoms with van der Waals surface area (Å²) in [5, 5.41) is 11.4. The van der Waals surface area contributed by atoms with E-state index >= 15 is 0 Å². The number of amides is 1. The molecule has 0 aromatic heterocycles. The third-order valence-electron chi connectivity index (χ3n) is 3.41. The van der Waals surface area contributed by atoms with Crippen LogP contribution in [0.3, 0.4) is 0 Å². The first kappa shape index (κ1) is 14.5. The number of ether oxygens (including phenoxy) is 1. The Morgan fingerprint density at radius 1 is 1.39 bits per heavy atom. The van der Waals surface area contributed by atoms with Crippen LogP contribution in [0.4, 0.5) is 0 Å². The van der Waals surface area contributed by atoms with Crippen LogP contribution in [0.5, 0.6) is 0 Å². The highest BCUT2D eigenvalue weighted by Gasteiger charge is 2.33. The van der Waals surface area contributed by atoms with E-state index in [4.69, 9.17) is 5.11 Å². The van der Waals surface area contributed by atoms with Crippen LogP contribution in [0.2, 0.25) is 0 Å². The molecule has 1 rings (SSSR count). The minimum Gasteiger partial charge on any atom is -0.480 e. The van der Waals surface area contributed by atoms with Crippen molar-refractivity contribution in [2.24, 2.45) is 11.8 Å². The van der Waals surface area contributed by atoms with Crippen LogP contribution in [-0.4, -0.2) is 36.1 Å². The maximum absolute atomic E-state index is 11.9. The highest BCUT2D eigenvalue weighted by Crippen LogP contribution is 2.31. The molecular weight excluding hydrogens is 238 g/mol. The van der Waals surface area contributed by atoms with E-state index in [0.29, 0.717) is 0 Å². The van der Waals surface area contributed by atoms with Crippen LogP contribution >= 0.6 is 0 Å². The number of esters is 1. The number of hydrogen-bond donors (Lipinski definition) is 2. The molecule has 1 amide bonds. The van der Waals surface area contributed by atoms with Crippen LogP contribution in [0.25, 0.3) is 0 Å². The molecule has 1 fully saturated rings. The van der Waals surface area contributed by atoms with Gasteiger partial charge < -0.3 is 15.2 Å². The summed E-state index contributed by atoms with van der Waals surface area (Å²) in [6.45, 7) is 1.98. The first-order chi connectivity index (χ1) is 8.45. The number of carbonyl (C=O) groups is 3. The number of hydrogen-bond acceptors (Lipinski definition) is 4. The van der Waals surface area contributed by atoms with Crippen molar-refractivity contribution in [3.8, 4) is 0 Å². The van der Waals surface area contributed by atoms with Gasteiger partial charge in [0.15, 0.2) is 0 Å². The lowest BCUT2D eigenvalue weighted by Crippen LogP contribution is -2.45. The molecule has 6 nitrogen and oxygen atoms in total. The van der Waals surface area contributed by atoms with Crippen molar-refractivity contribution >= 4 is 17.8 Å². The number of carbonyl (C=O) groups excluding carboxylic acids is 2. The van der Waals surface area contributed by atoms with Gasteiger partial charge in [0.05, 0.1) is 13.5 Å². The Morgan fingerprint density at radius 2 is 2.06 bits per heavy atom. The fraction of sp³-hybridized carbons (Fsp3) is 0.750. The number of aliphatic carboxylic acids is 1. The molecule has 102 valence electrons. The molecule has 0 spiro atoms. The molecule has 1 aliphatic carbocycles. The zero-order valence-corrected chi connectivity index (χ0v) is 10.6. The predicted molar refractivity (Wildman–Crippen MR) is 62.7 cm³/mol. The van der Waals surface area contributed by atoms with Crippen molar-refractivity contribution in [3.63, 3.8) is 0 Å². The van der Waals surface area contributed by atoms with Gasteiger partial charge in [-0.25, -0.2) is 4.79 Å². The molecule has 1 saturated carbocycles. The molecular formula is C12H19NO5. The van der Waals surface area contributed by atoms with Gasteiger partial charge in [-0.1, -0.05) is 13.3 Å². The third kappa shape index (κ3) is 3.72. The largest absolute Gasteiger partial charge is 0.480 e. The van der Waals surface area contributed by atoms with Crippen LogP contribution in [0.1, 0.15) is 32.6 Å². The van der Waals surface area contributed by atoms with E-state index in [1.54, 1.807) is 0 Å². The highest BCUT2D eigenvalue weighted by molar-refractivity contribution is 5.88. The van der Waals surface area contributed by atoms with E-state index in [1.807, 2.05) is 6.92 Å². The maximum Gasteiger partial charge on any atom is 0.326 e. The van der Waals surface area contributed by atoms with E-state index in [-0.39, 0.29) is 24.2 Å². The van der Waals surface area contributed by atoms with Crippen molar-refractivity contribution in [1.82, 2.24) is 5.32 Å². The zero-order valence-electron chi connectivity index (χ0n) is 10.6. The molecule has 0 aromatic carbocycles. The van der Waals surface area contributed by atoms with Gasteiger partial charge >= 0.3 is 11.9 Å². The van der Waals surface area contributed by atoms with Gasteiger partial charge in [-0.3, -0.25) is 9.59 Å². The average molecular weight is 257 g/mol. The van der Waals surface area contributed by atoms with Crippen LogP contribution in [-0.2, 0) is 19.1 Å². The van der Waals surface area contributed by atoms with Crippen LogP contribution in [0.15, 0.2) is 0 Å². The number of carboxylic acids is 1. The average Bonchev–Trinajstić information content (AvgIpc) is 2.74. The second kappa shape index (κ2) is 6.37. The lowest BCUT2D eigenvalue weighted by atomic mass is 9.97. The standard InChI is InChI=1S/C12H19NO5/c1-7-4-3-5-8(7)11(15)13-9(12(16)17)6-10(14)18-2/h7-9H,3-6H2,1-2H3,(H,13,15)(H,16,17)/t7?,8?,9-/m0/s1. The monoisotopic (exact) mass is 257 g/mol. The zero-order chi connectivity index (χ0) is 13.7. The first-order valence-corrected chi connectivity index (χ1v) is 6.05. The Morgan fingerprint density at radius 3 is 2.50 bits per heavy atom. The van der Waals surface area contributed by atoms with Crippen molar-refractivity contribution in [2.45, 2.75) is 38.6 Å². The minimum absolute atomic E-state index is 0.149. The summed E-state index contributed by atoms with van der Waals surface area (Å²) < 4.78 is 4.41. The molecule has 0 aromatic rings. The maximum atomic E-state index is 11.9.